The molecule has 0 aliphatic carbocycles. The predicted molar refractivity (Wildman–Crippen MR) is 157 cm³/mol. The monoisotopic (exact) mass is 551 g/mol. The van der Waals surface area contributed by atoms with Gasteiger partial charge in [0.05, 0.1) is 13.0 Å². The molecule has 0 radical (unpaired) electrons. The molecule has 7 nitrogen and oxygen atoms in total. The van der Waals surface area contributed by atoms with Gasteiger partial charge in [0.1, 0.15) is 10.5 Å². The number of ether oxygens (including phenoxy) is 1. The van der Waals surface area contributed by atoms with E-state index in [0.29, 0.717) is 18.0 Å². The minimum absolute atomic E-state index is 0.166. The van der Waals surface area contributed by atoms with Crippen LogP contribution in [0, 0.1) is 10.1 Å². The van der Waals surface area contributed by atoms with Crippen LogP contribution in [-0.2, 0) is 16.1 Å². The fraction of sp³-hybridized carbons (Fsp3) is 0.219. The Bertz CT molecular complexity index is 1520. The van der Waals surface area contributed by atoms with Gasteiger partial charge in [-0.25, -0.2) is 0 Å². The molecule has 0 N–H and O–H groups in total. The first-order valence-corrected chi connectivity index (χ1v) is 13.9. The average Bonchev–Trinajstić information content (AvgIpc) is 3.47. The van der Waals surface area contributed by atoms with Gasteiger partial charge in [0.25, 0.3) is 11.9 Å². The Morgan fingerprint density at radius 1 is 0.900 bits per heavy atom. The van der Waals surface area contributed by atoms with Crippen molar-refractivity contribution in [3.8, 4) is 5.75 Å². The number of hydrogen-bond donors (Lipinski definition) is 0. The van der Waals surface area contributed by atoms with Crippen LogP contribution in [0.4, 0.5) is 5.69 Å². The van der Waals surface area contributed by atoms with E-state index in [9.17, 15) is 14.9 Å². The maximum atomic E-state index is 15.0. The Balaban J connectivity index is 1.63. The number of rotatable bonds is 8. The maximum Gasteiger partial charge on any atom is 0.268 e. The lowest BCUT2D eigenvalue weighted by atomic mass is 9.71. The van der Waals surface area contributed by atoms with Crippen molar-refractivity contribution in [3.05, 3.63) is 142 Å². The lowest BCUT2D eigenvalue weighted by molar-refractivity contribution is -0.537. The molecule has 0 saturated carbocycles. The summed E-state index contributed by atoms with van der Waals surface area (Å²) in [4.78, 5) is 30.4. The molecule has 2 bridgehead atoms. The number of thioether (sulfide) groups is 1. The van der Waals surface area contributed by atoms with E-state index in [1.807, 2.05) is 115 Å². The van der Waals surface area contributed by atoms with E-state index in [2.05, 4.69) is 0 Å². The molecule has 6 rings (SSSR count). The molecule has 4 atom stereocenters. The molecule has 0 spiro atoms. The molecule has 8 heteroatoms. The molecule has 4 aromatic rings. The lowest BCUT2D eigenvalue weighted by Gasteiger charge is -2.47. The zero-order valence-electron chi connectivity index (χ0n) is 22.2. The summed E-state index contributed by atoms with van der Waals surface area (Å²) >= 11 is 1.40. The summed E-state index contributed by atoms with van der Waals surface area (Å²) < 4.78 is 4.15. The molecule has 202 valence electrons. The third-order valence-electron chi connectivity index (χ3n) is 8.02. The SMILES string of the molecule is COc1ccc(N2C(=O)[C@]3(c4ccccc4)S[C@@]2(N(C)Cc2ccccc2)[C@H]([N+](=O)[O-])[C@H]3c2ccccc2)cc1. The summed E-state index contributed by atoms with van der Waals surface area (Å²) in [6, 6.07) is 34.9. The fourth-order valence-corrected chi connectivity index (χ4v) is 8.47. The summed E-state index contributed by atoms with van der Waals surface area (Å²) in [5.74, 6) is -0.220. The molecule has 2 saturated heterocycles. The number of nitrogens with zero attached hydrogens (tertiary/aromatic N) is 3. The molecule has 4 aromatic carbocycles. The van der Waals surface area contributed by atoms with Crippen LogP contribution in [-0.4, -0.2) is 40.9 Å². The summed E-state index contributed by atoms with van der Waals surface area (Å²) in [7, 11) is 3.47. The Kier molecular flexibility index (Phi) is 6.60. The van der Waals surface area contributed by atoms with Crippen molar-refractivity contribution in [3.63, 3.8) is 0 Å². The molecule has 2 aliphatic rings. The van der Waals surface area contributed by atoms with Crippen molar-refractivity contribution in [2.24, 2.45) is 0 Å². The minimum atomic E-state index is -1.32. The molecule has 1 amide bonds. The second-order valence-electron chi connectivity index (χ2n) is 10.2. The number of anilines is 1. The minimum Gasteiger partial charge on any atom is -0.497 e. The van der Waals surface area contributed by atoms with Gasteiger partial charge >= 0.3 is 0 Å². The van der Waals surface area contributed by atoms with Crippen LogP contribution in [0.25, 0.3) is 0 Å². The zero-order valence-corrected chi connectivity index (χ0v) is 23.0. The van der Waals surface area contributed by atoms with Gasteiger partial charge in [-0.1, -0.05) is 103 Å². The summed E-state index contributed by atoms with van der Waals surface area (Å²) in [6.07, 6.45) is 0. The number of amides is 1. The van der Waals surface area contributed by atoms with E-state index in [0.717, 1.165) is 16.7 Å². The van der Waals surface area contributed by atoms with E-state index >= 15 is 0 Å². The normalized spacial score (nSPS) is 25.4. The van der Waals surface area contributed by atoms with Gasteiger partial charge in [0, 0.05) is 17.2 Å². The van der Waals surface area contributed by atoms with Crippen LogP contribution < -0.4 is 9.64 Å². The van der Waals surface area contributed by atoms with Crippen LogP contribution in [0.1, 0.15) is 22.6 Å². The van der Waals surface area contributed by atoms with Crippen molar-refractivity contribution < 1.29 is 14.5 Å². The Hall–Kier alpha value is -4.14. The van der Waals surface area contributed by atoms with Crippen LogP contribution in [0.5, 0.6) is 5.75 Å². The first-order valence-electron chi connectivity index (χ1n) is 13.1. The van der Waals surface area contributed by atoms with E-state index in [-0.39, 0.29) is 10.8 Å². The largest absolute Gasteiger partial charge is 0.497 e. The van der Waals surface area contributed by atoms with Crippen molar-refractivity contribution in [2.75, 3.05) is 19.1 Å². The van der Waals surface area contributed by atoms with Crippen LogP contribution in [0.2, 0.25) is 0 Å². The predicted octanol–water partition coefficient (Wildman–Crippen LogP) is 5.90. The lowest BCUT2D eigenvalue weighted by Crippen LogP contribution is -2.68. The zero-order chi connectivity index (χ0) is 27.9. The van der Waals surface area contributed by atoms with Crippen molar-refractivity contribution in [1.29, 1.82) is 0 Å². The molecular weight excluding hydrogens is 522 g/mol. The maximum absolute atomic E-state index is 15.0. The highest BCUT2D eigenvalue weighted by atomic mass is 32.2. The van der Waals surface area contributed by atoms with Gasteiger partial charge in [0.2, 0.25) is 4.99 Å². The van der Waals surface area contributed by atoms with Gasteiger partial charge in [-0.05, 0) is 48.0 Å². The smallest absolute Gasteiger partial charge is 0.268 e. The topological polar surface area (TPSA) is 75.9 Å². The summed E-state index contributed by atoms with van der Waals surface area (Å²) in [5, 5.41) is 13.3. The second-order valence-corrected chi connectivity index (χ2v) is 11.6. The molecule has 40 heavy (non-hydrogen) atoms. The summed E-state index contributed by atoms with van der Waals surface area (Å²) in [5.41, 5.74) is 3.13. The first kappa shape index (κ1) is 26.1. The number of carbonyl (C=O) groups is 1. The fourth-order valence-electron chi connectivity index (χ4n) is 6.33. The number of fused-ring (bicyclic) bond motifs is 2. The van der Waals surface area contributed by atoms with Gasteiger partial charge in [-0.3, -0.25) is 24.7 Å². The van der Waals surface area contributed by atoms with Crippen LogP contribution >= 0.6 is 11.8 Å². The van der Waals surface area contributed by atoms with Crippen LogP contribution in [0.15, 0.2) is 115 Å². The average molecular weight is 552 g/mol. The Morgan fingerprint density at radius 3 is 2.05 bits per heavy atom. The van der Waals surface area contributed by atoms with Gasteiger partial charge in [-0.2, -0.15) is 0 Å². The van der Waals surface area contributed by atoms with Gasteiger partial charge in [-0.15, -0.1) is 0 Å². The molecule has 2 heterocycles. The van der Waals surface area contributed by atoms with E-state index in [1.165, 1.54) is 11.8 Å². The van der Waals surface area contributed by atoms with Gasteiger partial charge < -0.3 is 4.74 Å². The number of piperidine rings is 1. The second kappa shape index (κ2) is 10.1. The number of benzene rings is 4. The third kappa shape index (κ3) is 3.82. The highest BCUT2D eigenvalue weighted by Gasteiger charge is 2.82. The quantitative estimate of drug-likeness (QED) is 0.201. The third-order valence-corrected chi connectivity index (χ3v) is 10.0. The highest BCUT2D eigenvalue weighted by Crippen LogP contribution is 2.71. The number of likely N-dealkylation sites (N-methyl/N-ethyl adjacent to an activating group) is 1. The summed E-state index contributed by atoms with van der Waals surface area (Å²) in [6.45, 7) is 0.421. The molecular formula is C32H29N3O4S. The molecule has 0 unspecified atom stereocenters. The van der Waals surface area contributed by atoms with Crippen LogP contribution in [0.3, 0.4) is 0 Å². The highest BCUT2D eigenvalue weighted by molar-refractivity contribution is 8.03. The Morgan fingerprint density at radius 2 is 1.48 bits per heavy atom. The first-order chi connectivity index (χ1) is 19.4. The Labute approximate surface area is 237 Å². The number of carbonyl (C=O) groups excluding carboxylic acids is 1. The van der Waals surface area contributed by atoms with Crippen molar-refractivity contribution in [1.82, 2.24) is 4.90 Å². The molecule has 2 aliphatic heterocycles. The molecule has 2 fully saturated rings. The number of nitro groups is 1. The molecule has 0 aromatic heterocycles. The van der Waals surface area contributed by atoms with E-state index in [1.54, 1.807) is 24.1 Å². The standard InChI is InChI=1S/C32H29N3O4S/c1-33(22-23-12-6-3-7-13-23)32-29(35(37)38)28(24-14-8-4-9-15-24)31(40-32,25-16-10-5-11-17-25)30(36)34(32)26-18-20-27(39-2)21-19-26/h3-21,28-29H,22H2,1-2H3/t28-,29-,31-,32-/m1/s1. The van der Waals surface area contributed by atoms with Crippen molar-refractivity contribution >= 4 is 23.4 Å². The van der Waals surface area contributed by atoms with Crippen molar-refractivity contribution in [2.45, 2.75) is 28.2 Å². The van der Waals surface area contributed by atoms with E-state index in [4.69, 9.17) is 4.74 Å². The number of methoxy groups -OCH3 is 1. The van der Waals surface area contributed by atoms with Gasteiger partial charge in [0.15, 0.2) is 0 Å². The number of hydrogen-bond acceptors (Lipinski definition) is 6. The van der Waals surface area contributed by atoms with E-state index < -0.39 is 21.7 Å².